The van der Waals surface area contributed by atoms with E-state index in [0.29, 0.717) is 23.9 Å². The first-order valence-corrected chi connectivity index (χ1v) is 7.66. The summed E-state index contributed by atoms with van der Waals surface area (Å²) in [4.78, 5) is 15.2. The predicted octanol–water partition coefficient (Wildman–Crippen LogP) is 1.90. The van der Waals surface area contributed by atoms with Gasteiger partial charge in [-0.25, -0.2) is 0 Å². The molecule has 2 aliphatic rings. The standard InChI is InChI=1S/C14H24N6/c1-9-5-6-11(10(9)2)16-13-17-12(15)18-14(19-13)20-7-3-4-8-20/h9-11H,3-8H2,1-2H3,(H3,15,16,17,18,19). The Bertz CT molecular complexity index is 471. The highest BCUT2D eigenvalue weighted by atomic mass is 15.3. The average Bonchev–Trinajstić information content (AvgIpc) is 3.04. The van der Waals surface area contributed by atoms with Crippen LogP contribution in [0.15, 0.2) is 0 Å². The molecule has 20 heavy (non-hydrogen) atoms. The molecular formula is C14H24N6. The first kappa shape index (κ1) is 13.4. The van der Waals surface area contributed by atoms with Crippen LogP contribution in [-0.4, -0.2) is 34.1 Å². The summed E-state index contributed by atoms with van der Waals surface area (Å²) in [7, 11) is 0. The first-order chi connectivity index (χ1) is 9.63. The summed E-state index contributed by atoms with van der Waals surface area (Å²) in [6.45, 7) is 6.63. The fourth-order valence-electron chi connectivity index (χ4n) is 3.24. The summed E-state index contributed by atoms with van der Waals surface area (Å²) in [5, 5.41) is 3.46. The number of anilines is 3. The summed E-state index contributed by atoms with van der Waals surface area (Å²) < 4.78 is 0. The predicted molar refractivity (Wildman–Crippen MR) is 80.7 cm³/mol. The molecule has 1 aliphatic carbocycles. The van der Waals surface area contributed by atoms with Crippen molar-refractivity contribution in [3.05, 3.63) is 0 Å². The number of hydrogen-bond donors (Lipinski definition) is 2. The lowest BCUT2D eigenvalue weighted by molar-refractivity contribution is 0.434. The fourth-order valence-corrected chi connectivity index (χ4v) is 3.24. The largest absolute Gasteiger partial charge is 0.368 e. The van der Waals surface area contributed by atoms with Crippen molar-refractivity contribution in [2.45, 2.75) is 45.6 Å². The van der Waals surface area contributed by atoms with Gasteiger partial charge in [-0.3, -0.25) is 0 Å². The van der Waals surface area contributed by atoms with Gasteiger partial charge in [0, 0.05) is 19.1 Å². The number of rotatable bonds is 3. The zero-order valence-electron chi connectivity index (χ0n) is 12.3. The van der Waals surface area contributed by atoms with E-state index < -0.39 is 0 Å². The number of hydrogen-bond acceptors (Lipinski definition) is 6. The third-order valence-corrected chi connectivity index (χ3v) is 4.81. The van der Waals surface area contributed by atoms with Crippen molar-refractivity contribution in [2.75, 3.05) is 29.0 Å². The van der Waals surface area contributed by atoms with Crippen molar-refractivity contribution < 1.29 is 0 Å². The van der Waals surface area contributed by atoms with Crippen LogP contribution in [0.25, 0.3) is 0 Å². The molecule has 1 aliphatic heterocycles. The molecule has 6 heteroatoms. The molecule has 0 radical (unpaired) electrons. The van der Waals surface area contributed by atoms with Gasteiger partial charge in [-0.2, -0.15) is 15.0 Å². The molecule has 3 N–H and O–H groups in total. The third-order valence-electron chi connectivity index (χ3n) is 4.81. The summed E-state index contributed by atoms with van der Waals surface area (Å²) >= 11 is 0. The van der Waals surface area contributed by atoms with E-state index in [9.17, 15) is 0 Å². The minimum atomic E-state index is 0.308. The lowest BCUT2D eigenvalue weighted by atomic mass is 9.98. The maximum Gasteiger partial charge on any atom is 0.231 e. The molecule has 6 nitrogen and oxygen atoms in total. The number of aromatic nitrogens is 3. The van der Waals surface area contributed by atoms with Crippen LogP contribution in [0.5, 0.6) is 0 Å². The van der Waals surface area contributed by atoms with Crippen LogP contribution in [0.3, 0.4) is 0 Å². The zero-order valence-corrected chi connectivity index (χ0v) is 12.3. The van der Waals surface area contributed by atoms with Gasteiger partial charge in [-0.15, -0.1) is 0 Å². The van der Waals surface area contributed by atoms with Crippen LogP contribution >= 0.6 is 0 Å². The Morgan fingerprint density at radius 1 is 1.10 bits per heavy atom. The van der Waals surface area contributed by atoms with Crippen molar-refractivity contribution in [2.24, 2.45) is 11.8 Å². The number of nitrogen functional groups attached to an aromatic ring is 1. The highest BCUT2D eigenvalue weighted by molar-refractivity contribution is 5.43. The number of nitrogens with two attached hydrogens (primary N) is 1. The van der Waals surface area contributed by atoms with E-state index in [4.69, 9.17) is 5.73 Å². The van der Waals surface area contributed by atoms with Crippen molar-refractivity contribution in [1.29, 1.82) is 0 Å². The van der Waals surface area contributed by atoms with Crippen molar-refractivity contribution in [1.82, 2.24) is 15.0 Å². The van der Waals surface area contributed by atoms with E-state index in [1.54, 1.807) is 0 Å². The molecule has 2 fully saturated rings. The quantitative estimate of drug-likeness (QED) is 0.877. The molecule has 0 aromatic carbocycles. The fraction of sp³-hybridized carbons (Fsp3) is 0.786. The third kappa shape index (κ3) is 2.64. The molecule has 3 atom stereocenters. The van der Waals surface area contributed by atoms with Gasteiger partial charge >= 0.3 is 0 Å². The van der Waals surface area contributed by atoms with Gasteiger partial charge in [0.05, 0.1) is 0 Å². The second kappa shape index (κ2) is 5.42. The summed E-state index contributed by atoms with van der Waals surface area (Å²) in [5.41, 5.74) is 5.83. The van der Waals surface area contributed by atoms with Crippen LogP contribution in [-0.2, 0) is 0 Å². The summed E-state index contributed by atoms with van der Waals surface area (Å²) in [5.74, 6) is 3.05. The van der Waals surface area contributed by atoms with Crippen LogP contribution in [0.2, 0.25) is 0 Å². The lowest BCUT2D eigenvalue weighted by Crippen LogP contribution is -2.27. The molecule has 2 heterocycles. The molecule has 1 saturated carbocycles. The Balaban J connectivity index is 1.76. The maximum absolute atomic E-state index is 5.83. The number of nitrogens with one attached hydrogen (secondary N) is 1. The van der Waals surface area contributed by atoms with Crippen LogP contribution in [0.1, 0.15) is 39.5 Å². The Hall–Kier alpha value is -1.59. The molecule has 0 amide bonds. The van der Waals surface area contributed by atoms with E-state index in [1.807, 2.05) is 0 Å². The molecule has 110 valence electrons. The second-order valence-corrected chi connectivity index (χ2v) is 6.18. The van der Waals surface area contributed by atoms with Gasteiger partial charge in [-0.1, -0.05) is 13.8 Å². The monoisotopic (exact) mass is 276 g/mol. The van der Waals surface area contributed by atoms with E-state index in [2.05, 4.69) is 39.0 Å². The van der Waals surface area contributed by atoms with E-state index >= 15 is 0 Å². The smallest absolute Gasteiger partial charge is 0.231 e. The Morgan fingerprint density at radius 3 is 2.50 bits per heavy atom. The summed E-state index contributed by atoms with van der Waals surface area (Å²) in [6, 6.07) is 0.443. The highest BCUT2D eigenvalue weighted by Crippen LogP contribution is 2.33. The molecule has 1 aromatic heterocycles. The molecule has 0 bridgehead atoms. The van der Waals surface area contributed by atoms with Gasteiger partial charge < -0.3 is 16.0 Å². The molecule has 0 spiro atoms. The average molecular weight is 276 g/mol. The second-order valence-electron chi connectivity index (χ2n) is 6.18. The van der Waals surface area contributed by atoms with E-state index in [0.717, 1.165) is 25.0 Å². The van der Waals surface area contributed by atoms with Gasteiger partial charge in [0.1, 0.15) is 0 Å². The van der Waals surface area contributed by atoms with Crippen molar-refractivity contribution in [3.63, 3.8) is 0 Å². The Morgan fingerprint density at radius 2 is 1.85 bits per heavy atom. The van der Waals surface area contributed by atoms with Crippen LogP contribution in [0.4, 0.5) is 17.8 Å². The van der Waals surface area contributed by atoms with Gasteiger partial charge in [0.15, 0.2) is 0 Å². The van der Waals surface area contributed by atoms with E-state index in [-0.39, 0.29) is 0 Å². The maximum atomic E-state index is 5.83. The molecule has 1 saturated heterocycles. The highest BCUT2D eigenvalue weighted by Gasteiger charge is 2.30. The van der Waals surface area contributed by atoms with Crippen molar-refractivity contribution in [3.8, 4) is 0 Å². The molecular weight excluding hydrogens is 252 g/mol. The van der Waals surface area contributed by atoms with Crippen LogP contribution < -0.4 is 16.0 Å². The first-order valence-electron chi connectivity index (χ1n) is 7.66. The lowest BCUT2D eigenvalue weighted by Gasteiger charge is -2.21. The minimum Gasteiger partial charge on any atom is -0.368 e. The topological polar surface area (TPSA) is 80.0 Å². The minimum absolute atomic E-state index is 0.308. The molecule has 3 unspecified atom stereocenters. The normalized spacial score (nSPS) is 29.9. The van der Waals surface area contributed by atoms with Gasteiger partial charge in [-0.05, 0) is 37.5 Å². The summed E-state index contributed by atoms with van der Waals surface area (Å²) in [6.07, 6.45) is 4.84. The zero-order chi connectivity index (χ0) is 14.1. The molecule has 3 rings (SSSR count). The van der Waals surface area contributed by atoms with Gasteiger partial charge in [0.25, 0.3) is 0 Å². The van der Waals surface area contributed by atoms with E-state index in [1.165, 1.54) is 25.7 Å². The Kier molecular flexibility index (Phi) is 3.63. The molecule has 1 aromatic rings. The van der Waals surface area contributed by atoms with Gasteiger partial charge in [0.2, 0.25) is 17.8 Å². The van der Waals surface area contributed by atoms with Crippen LogP contribution in [0, 0.1) is 11.8 Å². The Labute approximate surface area is 120 Å². The SMILES string of the molecule is CC1CCC(Nc2nc(N)nc(N3CCCC3)n2)C1C. The van der Waals surface area contributed by atoms with Crippen molar-refractivity contribution >= 4 is 17.8 Å². The number of nitrogens with zero attached hydrogens (tertiary/aromatic N) is 4.